The van der Waals surface area contributed by atoms with Gasteiger partial charge in [0.25, 0.3) is 5.91 Å². The highest BCUT2D eigenvalue weighted by atomic mass is 79.9. The molecule has 1 fully saturated rings. The van der Waals surface area contributed by atoms with Gasteiger partial charge in [0.15, 0.2) is 0 Å². The molecule has 0 aliphatic carbocycles. The lowest BCUT2D eigenvalue weighted by molar-refractivity contribution is 0.0634. The van der Waals surface area contributed by atoms with Gasteiger partial charge in [0.2, 0.25) is 0 Å². The third-order valence-corrected chi connectivity index (χ3v) is 3.86. The zero-order valence-electron chi connectivity index (χ0n) is 9.45. The third-order valence-electron chi connectivity index (χ3n) is 3.17. The number of piperidine rings is 1. The van der Waals surface area contributed by atoms with E-state index in [1.54, 1.807) is 0 Å². The molecule has 1 atom stereocenters. The minimum Gasteiger partial charge on any atom is -0.336 e. The van der Waals surface area contributed by atoms with Gasteiger partial charge in [-0.3, -0.25) is 4.79 Å². The molecule has 1 aliphatic heterocycles. The molecule has 0 saturated carbocycles. The molecule has 0 aromatic heterocycles. The maximum absolute atomic E-state index is 12.3. The van der Waals surface area contributed by atoms with Gasteiger partial charge in [-0.05, 0) is 54.2 Å². The first-order valence-electron chi connectivity index (χ1n) is 5.75. The maximum atomic E-state index is 12.3. The minimum absolute atomic E-state index is 0.152. The average Bonchev–Trinajstić information content (AvgIpc) is 2.29. The highest BCUT2D eigenvalue weighted by molar-refractivity contribution is 9.10. The Morgan fingerprint density at radius 1 is 1.38 bits per heavy atom. The monoisotopic (exact) mass is 281 g/mol. The molecule has 1 heterocycles. The van der Waals surface area contributed by atoms with Crippen LogP contribution < -0.4 is 0 Å². The lowest BCUT2D eigenvalue weighted by Crippen LogP contribution is -2.42. The molecule has 0 N–H and O–H groups in total. The van der Waals surface area contributed by atoms with Crippen molar-refractivity contribution in [3.8, 4) is 0 Å². The van der Waals surface area contributed by atoms with Gasteiger partial charge in [-0.25, -0.2) is 0 Å². The predicted octanol–water partition coefficient (Wildman–Crippen LogP) is 3.46. The highest BCUT2D eigenvalue weighted by Crippen LogP contribution is 2.23. The summed E-state index contributed by atoms with van der Waals surface area (Å²) >= 11 is 3.44. The molecule has 1 saturated heterocycles. The summed E-state index contributed by atoms with van der Waals surface area (Å²) in [6, 6.07) is 8.01. The fourth-order valence-corrected chi connectivity index (χ4v) is 2.64. The van der Waals surface area contributed by atoms with Gasteiger partial charge in [-0.1, -0.05) is 12.1 Å². The number of benzene rings is 1. The first-order chi connectivity index (χ1) is 7.70. The normalized spacial score (nSPS) is 20.9. The number of carbonyl (C=O) groups is 1. The standard InChI is InChI=1S/C13H16BrNO/c1-10-6-4-5-9-15(10)13(16)11-7-2-3-8-12(11)14/h2-3,7-8,10H,4-6,9H2,1H3. The zero-order chi connectivity index (χ0) is 11.5. The molecule has 1 unspecified atom stereocenters. The van der Waals surface area contributed by atoms with Crippen molar-refractivity contribution in [2.24, 2.45) is 0 Å². The molecule has 1 aromatic rings. The second-order valence-electron chi connectivity index (χ2n) is 4.32. The third kappa shape index (κ3) is 2.29. The summed E-state index contributed by atoms with van der Waals surface area (Å²) in [6.45, 7) is 3.02. The highest BCUT2D eigenvalue weighted by Gasteiger charge is 2.24. The number of hydrogen-bond acceptors (Lipinski definition) is 1. The van der Waals surface area contributed by atoms with Crippen LogP contribution in [0.25, 0.3) is 0 Å². The fourth-order valence-electron chi connectivity index (χ4n) is 2.19. The summed E-state index contributed by atoms with van der Waals surface area (Å²) in [6.07, 6.45) is 3.48. The first kappa shape index (κ1) is 11.6. The number of nitrogens with zero attached hydrogens (tertiary/aromatic N) is 1. The van der Waals surface area contributed by atoms with Crippen LogP contribution in [0.2, 0.25) is 0 Å². The largest absolute Gasteiger partial charge is 0.336 e. The van der Waals surface area contributed by atoms with Gasteiger partial charge in [0.1, 0.15) is 0 Å². The Bertz CT molecular complexity index is 391. The van der Waals surface area contributed by atoms with E-state index in [0.717, 1.165) is 29.4 Å². The Hall–Kier alpha value is -0.830. The van der Waals surface area contributed by atoms with E-state index in [2.05, 4.69) is 22.9 Å². The van der Waals surface area contributed by atoms with Crippen LogP contribution >= 0.6 is 15.9 Å². The van der Waals surface area contributed by atoms with Crippen LogP contribution in [-0.2, 0) is 0 Å². The lowest BCUT2D eigenvalue weighted by Gasteiger charge is -2.33. The molecule has 3 heteroatoms. The molecule has 2 rings (SSSR count). The van der Waals surface area contributed by atoms with Gasteiger partial charge in [-0.2, -0.15) is 0 Å². The van der Waals surface area contributed by atoms with E-state index in [9.17, 15) is 4.79 Å². The number of likely N-dealkylation sites (tertiary alicyclic amines) is 1. The number of hydrogen-bond donors (Lipinski definition) is 0. The zero-order valence-corrected chi connectivity index (χ0v) is 11.0. The van der Waals surface area contributed by atoms with Crippen molar-refractivity contribution >= 4 is 21.8 Å². The Morgan fingerprint density at radius 3 is 2.81 bits per heavy atom. The van der Waals surface area contributed by atoms with E-state index in [-0.39, 0.29) is 5.91 Å². The summed E-state index contributed by atoms with van der Waals surface area (Å²) in [4.78, 5) is 14.3. The molecule has 1 amide bonds. The van der Waals surface area contributed by atoms with Gasteiger partial charge in [0, 0.05) is 17.1 Å². The number of amides is 1. The summed E-state index contributed by atoms with van der Waals surface area (Å²) < 4.78 is 0.887. The molecule has 16 heavy (non-hydrogen) atoms. The maximum Gasteiger partial charge on any atom is 0.255 e. The average molecular weight is 282 g/mol. The van der Waals surface area contributed by atoms with E-state index < -0.39 is 0 Å². The first-order valence-corrected chi connectivity index (χ1v) is 6.55. The van der Waals surface area contributed by atoms with Gasteiger partial charge in [-0.15, -0.1) is 0 Å². The molecular formula is C13H16BrNO. The van der Waals surface area contributed by atoms with E-state index in [1.807, 2.05) is 29.2 Å². The van der Waals surface area contributed by atoms with Crippen LogP contribution in [0.15, 0.2) is 28.7 Å². The Morgan fingerprint density at radius 2 is 2.12 bits per heavy atom. The van der Waals surface area contributed by atoms with Crippen molar-refractivity contribution in [1.82, 2.24) is 4.90 Å². The van der Waals surface area contributed by atoms with E-state index in [4.69, 9.17) is 0 Å². The molecule has 0 spiro atoms. The van der Waals surface area contributed by atoms with Crippen molar-refractivity contribution in [2.75, 3.05) is 6.54 Å². The quantitative estimate of drug-likeness (QED) is 0.772. The van der Waals surface area contributed by atoms with Gasteiger partial charge < -0.3 is 4.90 Å². The topological polar surface area (TPSA) is 20.3 Å². The van der Waals surface area contributed by atoms with Crippen LogP contribution in [0.1, 0.15) is 36.5 Å². The Kier molecular flexibility index (Phi) is 3.64. The van der Waals surface area contributed by atoms with Crippen molar-refractivity contribution in [1.29, 1.82) is 0 Å². The minimum atomic E-state index is 0.152. The Balaban J connectivity index is 2.21. The van der Waals surface area contributed by atoms with Gasteiger partial charge >= 0.3 is 0 Å². The van der Waals surface area contributed by atoms with Crippen LogP contribution in [0.5, 0.6) is 0 Å². The van der Waals surface area contributed by atoms with Crippen LogP contribution in [0, 0.1) is 0 Å². The van der Waals surface area contributed by atoms with Crippen LogP contribution in [0.4, 0.5) is 0 Å². The summed E-state index contributed by atoms with van der Waals surface area (Å²) in [5, 5.41) is 0. The van der Waals surface area contributed by atoms with Crippen molar-refractivity contribution in [2.45, 2.75) is 32.2 Å². The van der Waals surface area contributed by atoms with Crippen molar-refractivity contribution < 1.29 is 4.79 Å². The summed E-state index contributed by atoms with van der Waals surface area (Å²) in [7, 11) is 0. The lowest BCUT2D eigenvalue weighted by atomic mass is 10.0. The van der Waals surface area contributed by atoms with Crippen molar-refractivity contribution in [3.63, 3.8) is 0 Å². The van der Waals surface area contributed by atoms with E-state index in [0.29, 0.717) is 6.04 Å². The molecule has 2 nitrogen and oxygen atoms in total. The number of halogens is 1. The van der Waals surface area contributed by atoms with Crippen LogP contribution in [0.3, 0.4) is 0 Å². The molecular weight excluding hydrogens is 266 g/mol. The predicted molar refractivity (Wildman–Crippen MR) is 68.5 cm³/mol. The van der Waals surface area contributed by atoms with E-state index in [1.165, 1.54) is 6.42 Å². The SMILES string of the molecule is CC1CCCCN1C(=O)c1ccccc1Br. The smallest absolute Gasteiger partial charge is 0.255 e. The van der Waals surface area contributed by atoms with E-state index >= 15 is 0 Å². The fraction of sp³-hybridized carbons (Fsp3) is 0.462. The van der Waals surface area contributed by atoms with Crippen LogP contribution in [-0.4, -0.2) is 23.4 Å². The molecule has 86 valence electrons. The second kappa shape index (κ2) is 5.00. The second-order valence-corrected chi connectivity index (χ2v) is 5.18. The van der Waals surface area contributed by atoms with Gasteiger partial charge in [0.05, 0.1) is 5.56 Å². The molecule has 0 bridgehead atoms. The Labute approximate surface area is 105 Å². The molecule has 1 aliphatic rings. The summed E-state index contributed by atoms with van der Waals surface area (Å²) in [5.74, 6) is 0.152. The molecule has 0 radical (unpaired) electrons. The number of carbonyl (C=O) groups excluding carboxylic acids is 1. The molecule has 1 aromatic carbocycles. The van der Waals surface area contributed by atoms with Crippen molar-refractivity contribution in [3.05, 3.63) is 34.3 Å². The summed E-state index contributed by atoms with van der Waals surface area (Å²) in [5.41, 5.74) is 0.774. The number of rotatable bonds is 1.